The molecule has 0 atom stereocenters. The highest BCUT2D eigenvalue weighted by molar-refractivity contribution is 5.50. The van der Waals surface area contributed by atoms with E-state index in [-0.39, 0.29) is 5.56 Å². The van der Waals surface area contributed by atoms with Gasteiger partial charge < -0.3 is 4.74 Å². The summed E-state index contributed by atoms with van der Waals surface area (Å²) in [5.74, 6) is 1.04. The van der Waals surface area contributed by atoms with Gasteiger partial charge in [0.05, 0.1) is 22.8 Å². The first kappa shape index (κ1) is 12.2. The molecule has 0 unspecified atom stereocenters. The fraction of sp³-hybridized carbons (Fsp3) is 0. The van der Waals surface area contributed by atoms with Crippen LogP contribution in [0.3, 0.4) is 0 Å². The largest absolute Gasteiger partial charge is 0.457 e. The van der Waals surface area contributed by atoms with Gasteiger partial charge in [-0.2, -0.15) is 15.8 Å². The molecule has 4 heteroatoms. The van der Waals surface area contributed by atoms with E-state index in [0.717, 1.165) is 0 Å². The molecule has 0 aliphatic carbocycles. The van der Waals surface area contributed by atoms with Crippen molar-refractivity contribution in [1.29, 1.82) is 15.8 Å². The molecule has 0 spiro atoms. The van der Waals surface area contributed by atoms with Crippen molar-refractivity contribution >= 4 is 0 Å². The van der Waals surface area contributed by atoms with Gasteiger partial charge in [-0.1, -0.05) is 0 Å². The minimum atomic E-state index is 0.272. The Hall–Kier alpha value is -3.29. The molecule has 2 aromatic carbocycles. The Labute approximate surface area is 110 Å². The van der Waals surface area contributed by atoms with Gasteiger partial charge in [-0.05, 0) is 42.5 Å². The van der Waals surface area contributed by atoms with Crippen LogP contribution in [0.15, 0.2) is 42.5 Å². The SMILES string of the molecule is N#Cc1ccc(Oc2ccc(C#N)c(C#N)c2)cc1. The Morgan fingerprint density at radius 2 is 1.32 bits per heavy atom. The molecule has 0 fully saturated rings. The van der Waals surface area contributed by atoms with Crippen LogP contribution in [0.5, 0.6) is 11.5 Å². The molecular weight excluding hydrogens is 238 g/mol. The summed E-state index contributed by atoms with van der Waals surface area (Å²) in [6.45, 7) is 0. The fourth-order valence-electron chi connectivity index (χ4n) is 1.51. The lowest BCUT2D eigenvalue weighted by Crippen LogP contribution is -1.88. The van der Waals surface area contributed by atoms with Crippen LogP contribution >= 0.6 is 0 Å². The average molecular weight is 245 g/mol. The molecule has 19 heavy (non-hydrogen) atoms. The molecule has 2 aromatic rings. The van der Waals surface area contributed by atoms with Gasteiger partial charge >= 0.3 is 0 Å². The average Bonchev–Trinajstić information content (AvgIpc) is 2.48. The molecule has 0 radical (unpaired) electrons. The van der Waals surface area contributed by atoms with Crippen LogP contribution in [-0.4, -0.2) is 0 Å². The fourth-order valence-corrected chi connectivity index (χ4v) is 1.51. The highest BCUT2D eigenvalue weighted by atomic mass is 16.5. The summed E-state index contributed by atoms with van der Waals surface area (Å²) in [6, 6.07) is 17.2. The van der Waals surface area contributed by atoms with E-state index >= 15 is 0 Å². The van der Waals surface area contributed by atoms with E-state index in [9.17, 15) is 0 Å². The van der Waals surface area contributed by atoms with Crippen LogP contribution in [0.4, 0.5) is 0 Å². The van der Waals surface area contributed by atoms with Crippen LogP contribution in [0.25, 0.3) is 0 Å². The summed E-state index contributed by atoms with van der Waals surface area (Å²) in [7, 11) is 0. The van der Waals surface area contributed by atoms with Gasteiger partial charge in [0.25, 0.3) is 0 Å². The third kappa shape index (κ3) is 2.69. The molecule has 4 nitrogen and oxygen atoms in total. The minimum absolute atomic E-state index is 0.272. The standard InChI is InChI=1S/C15H7N3O/c16-8-11-1-4-14(5-2-11)19-15-6-3-12(9-17)13(7-15)10-18/h1-7H. The van der Waals surface area contributed by atoms with Gasteiger partial charge in [0.2, 0.25) is 0 Å². The first-order valence-electron chi connectivity index (χ1n) is 5.39. The van der Waals surface area contributed by atoms with Crippen LogP contribution in [0, 0.1) is 34.0 Å². The first-order valence-corrected chi connectivity index (χ1v) is 5.39. The molecule has 0 bridgehead atoms. The van der Waals surface area contributed by atoms with Gasteiger partial charge in [-0.15, -0.1) is 0 Å². The first-order chi connectivity index (χ1) is 9.26. The lowest BCUT2D eigenvalue weighted by Gasteiger charge is -2.06. The summed E-state index contributed by atoms with van der Waals surface area (Å²) in [5.41, 5.74) is 1.13. The van der Waals surface area contributed by atoms with E-state index in [1.54, 1.807) is 30.3 Å². The Morgan fingerprint density at radius 1 is 0.684 bits per heavy atom. The lowest BCUT2D eigenvalue weighted by atomic mass is 10.1. The van der Waals surface area contributed by atoms with E-state index in [1.165, 1.54) is 12.1 Å². The van der Waals surface area contributed by atoms with Crippen molar-refractivity contribution in [3.8, 4) is 29.7 Å². The quantitative estimate of drug-likeness (QED) is 0.814. The van der Waals surface area contributed by atoms with Crippen LogP contribution in [0.2, 0.25) is 0 Å². The molecule has 0 saturated heterocycles. The van der Waals surface area contributed by atoms with Crippen LogP contribution in [0.1, 0.15) is 16.7 Å². The third-order valence-corrected chi connectivity index (χ3v) is 2.45. The number of hydrogen-bond acceptors (Lipinski definition) is 4. The van der Waals surface area contributed by atoms with Gasteiger partial charge in [0.1, 0.15) is 23.6 Å². The summed E-state index contributed by atoms with van der Waals surface area (Å²) < 4.78 is 5.55. The van der Waals surface area contributed by atoms with Crippen molar-refractivity contribution in [2.45, 2.75) is 0 Å². The Balaban J connectivity index is 2.27. The molecule has 0 amide bonds. The minimum Gasteiger partial charge on any atom is -0.457 e. The normalized spacial score (nSPS) is 8.89. The summed E-state index contributed by atoms with van der Waals surface area (Å²) >= 11 is 0. The van der Waals surface area contributed by atoms with E-state index in [1.807, 2.05) is 18.2 Å². The monoisotopic (exact) mass is 245 g/mol. The number of nitriles is 3. The number of nitrogens with zero attached hydrogens (tertiary/aromatic N) is 3. The maximum Gasteiger partial charge on any atom is 0.128 e. The van der Waals surface area contributed by atoms with Crippen molar-refractivity contribution < 1.29 is 4.74 Å². The van der Waals surface area contributed by atoms with Gasteiger partial charge in [-0.3, -0.25) is 0 Å². The molecule has 0 aromatic heterocycles. The zero-order valence-electron chi connectivity index (χ0n) is 9.79. The molecular formula is C15H7N3O. The van der Waals surface area contributed by atoms with Crippen molar-refractivity contribution in [1.82, 2.24) is 0 Å². The van der Waals surface area contributed by atoms with Crippen LogP contribution in [-0.2, 0) is 0 Å². The predicted molar refractivity (Wildman–Crippen MR) is 67.1 cm³/mol. The number of rotatable bonds is 2. The molecule has 2 rings (SSSR count). The lowest BCUT2D eigenvalue weighted by molar-refractivity contribution is 0.482. The molecule has 0 saturated carbocycles. The van der Waals surface area contributed by atoms with E-state index in [0.29, 0.717) is 22.6 Å². The van der Waals surface area contributed by atoms with Gasteiger partial charge in [0.15, 0.2) is 0 Å². The van der Waals surface area contributed by atoms with Crippen LogP contribution < -0.4 is 4.74 Å². The van der Waals surface area contributed by atoms with E-state index < -0.39 is 0 Å². The summed E-state index contributed by atoms with van der Waals surface area (Å²) in [4.78, 5) is 0. The summed E-state index contributed by atoms with van der Waals surface area (Å²) in [6.07, 6.45) is 0. The number of hydrogen-bond donors (Lipinski definition) is 0. The maximum absolute atomic E-state index is 8.92. The molecule has 0 heterocycles. The number of ether oxygens (including phenoxy) is 1. The van der Waals surface area contributed by atoms with E-state index in [4.69, 9.17) is 20.5 Å². The highest BCUT2D eigenvalue weighted by Gasteiger charge is 2.04. The number of benzene rings is 2. The Bertz CT molecular complexity index is 728. The van der Waals surface area contributed by atoms with Crippen molar-refractivity contribution in [2.24, 2.45) is 0 Å². The smallest absolute Gasteiger partial charge is 0.128 e. The second-order valence-electron chi connectivity index (χ2n) is 3.67. The predicted octanol–water partition coefficient (Wildman–Crippen LogP) is 3.09. The van der Waals surface area contributed by atoms with Gasteiger partial charge in [0, 0.05) is 0 Å². The van der Waals surface area contributed by atoms with Crippen molar-refractivity contribution in [2.75, 3.05) is 0 Å². The molecule has 88 valence electrons. The summed E-state index contributed by atoms with van der Waals surface area (Å²) in [5, 5.41) is 26.4. The zero-order valence-corrected chi connectivity index (χ0v) is 9.79. The Morgan fingerprint density at radius 3 is 1.89 bits per heavy atom. The highest BCUT2D eigenvalue weighted by Crippen LogP contribution is 2.23. The van der Waals surface area contributed by atoms with E-state index in [2.05, 4.69) is 0 Å². The second kappa shape index (κ2) is 5.36. The van der Waals surface area contributed by atoms with Gasteiger partial charge in [-0.25, -0.2) is 0 Å². The molecule has 0 N–H and O–H groups in total. The second-order valence-corrected chi connectivity index (χ2v) is 3.67. The maximum atomic E-state index is 8.92. The molecule has 0 aliphatic rings. The topological polar surface area (TPSA) is 80.6 Å². The molecule has 0 aliphatic heterocycles. The van der Waals surface area contributed by atoms with Crippen molar-refractivity contribution in [3.63, 3.8) is 0 Å². The zero-order chi connectivity index (χ0) is 13.7. The van der Waals surface area contributed by atoms with Crippen molar-refractivity contribution in [3.05, 3.63) is 59.2 Å². The third-order valence-electron chi connectivity index (χ3n) is 2.45. The Kier molecular flexibility index (Phi) is 3.44.